The zero-order valence-electron chi connectivity index (χ0n) is 22.1. The van der Waals surface area contributed by atoms with Crippen molar-refractivity contribution in [3.63, 3.8) is 0 Å². The molecule has 10 heteroatoms. The van der Waals surface area contributed by atoms with E-state index in [0.29, 0.717) is 50.9 Å². The Morgan fingerprint density at radius 1 is 1.16 bits per heavy atom. The molecule has 2 aromatic heterocycles. The van der Waals surface area contributed by atoms with Gasteiger partial charge in [0, 0.05) is 37.9 Å². The lowest BCUT2D eigenvalue weighted by molar-refractivity contribution is -0.141. The molecule has 0 bridgehead atoms. The number of H-pyrrole nitrogens is 1. The van der Waals surface area contributed by atoms with E-state index >= 15 is 0 Å². The van der Waals surface area contributed by atoms with E-state index in [-0.39, 0.29) is 12.2 Å². The van der Waals surface area contributed by atoms with Crippen LogP contribution in [0.2, 0.25) is 0 Å². The number of rotatable bonds is 5. The molecule has 1 aromatic carbocycles. The van der Waals surface area contributed by atoms with Gasteiger partial charge in [0.2, 0.25) is 5.88 Å². The fourth-order valence-corrected chi connectivity index (χ4v) is 4.67. The van der Waals surface area contributed by atoms with Crippen molar-refractivity contribution in [2.24, 2.45) is 0 Å². The fraction of sp³-hybridized carbons (Fsp3) is 0.519. The first-order valence-corrected chi connectivity index (χ1v) is 12.7. The van der Waals surface area contributed by atoms with E-state index in [1.54, 1.807) is 4.90 Å². The molecule has 37 heavy (non-hydrogen) atoms. The van der Waals surface area contributed by atoms with Crippen molar-refractivity contribution in [3.8, 4) is 17.0 Å². The largest absolute Gasteiger partial charge is 0.473 e. The Morgan fingerprint density at radius 3 is 2.54 bits per heavy atom. The van der Waals surface area contributed by atoms with Crippen LogP contribution in [0.5, 0.6) is 5.88 Å². The third kappa shape index (κ3) is 5.65. The monoisotopic (exact) mass is 509 g/mol. The number of aromatic amines is 1. The molecule has 10 nitrogen and oxygen atoms in total. The van der Waals surface area contributed by atoms with E-state index in [2.05, 4.69) is 32.2 Å². The maximum absolute atomic E-state index is 12.6. The molecule has 2 aliphatic heterocycles. The maximum Gasteiger partial charge on any atom is 0.410 e. The van der Waals surface area contributed by atoms with Crippen molar-refractivity contribution in [2.45, 2.75) is 52.1 Å². The van der Waals surface area contributed by atoms with E-state index in [1.165, 1.54) is 0 Å². The number of aromatic nitrogens is 3. The Hall–Kier alpha value is -3.37. The number of anilines is 1. The minimum absolute atomic E-state index is 0.187. The van der Waals surface area contributed by atoms with E-state index < -0.39 is 11.4 Å². The van der Waals surface area contributed by atoms with Gasteiger partial charge in [-0.05, 0) is 40.2 Å². The fourth-order valence-electron chi connectivity index (χ4n) is 4.67. The summed E-state index contributed by atoms with van der Waals surface area (Å²) >= 11 is 0. The van der Waals surface area contributed by atoms with Gasteiger partial charge in [-0.15, -0.1) is 5.10 Å². The van der Waals surface area contributed by atoms with Crippen LogP contribution in [0.25, 0.3) is 22.2 Å². The van der Waals surface area contributed by atoms with Gasteiger partial charge in [0.15, 0.2) is 11.4 Å². The zero-order chi connectivity index (χ0) is 26.2. The molecule has 198 valence electrons. The van der Waals surface area contributed by atoms with Crippen LogP contribution >= 0.6 is 0 Å². The second-order valence-corrected chi connectivity index (χ2v) is 10.9. The van der Waals surface area contributed by atoms with Crippen molar-refractivity contribution in [1.29, 1.82) is 0 Å². The number of nitrogens with one attached hydrogen (secondary N) is 1. The first-order valence-electron chi connectivity index (χ1n) is 12.7. The Kier molecular flexibility index (Phi) is 6.72. The maximum atomic E-state index is 12.6. The van der Waals surface area contributed by atoms with Crippen LogP contribution in [0, 0.1) is 0 Å². The van der Waals surface area contributed by atoms with Gasteiger partial charge in [0.25, 0.3) is 0 Å². The smallest absolute Gasteiger partial charge is 0.410 e. The van der Waals surface area contributed by atoms with E-state index in [9.17, 15) is 4.79 Å². The molecule has 1 N–H and O–H groups in total. The van der Waals surface area contributed by atoms with Crippen molar-refractivity contribution in [1.82, 2.24) is 20.1 Å². The summed E-state index contributed by atoms with van der Waals surface area (Å²) < 4.78 is 23.3. The summed E-state index contributed by atoms with van der Waals surface area (Å²) in [4.78, 5) is 21.3. The van der Waals surface area contributed by atoms with Gasteiger partial charge in [-0.25, -0.2) is 9.78 Å². The third-order valence-electron chi connectivity index (χ3n) is 6.33. The highest BCUT2D eigenvalue weighted by atomic mass is 16.7. The van der Waals surface area contributed by atoms with E-state index in [0.717, 1.165) is 22.2 Å². The predicted molar refractivity (Wildman–Crippen MR) is 140 cm³/mol. The molecule has 0 radical (unpaired) electrons. The number of hydrogen-bond donors (Lipinski definition) is 1. The summed E-state index contributed by atoms with van der Waals surface area (Å²) in [5.74, 6) is -0.152. The molecule has 0 spiro atoms. The number of ether oxygens (including phenoxy) is 4. The number of hydrogen-bond acceptors (Lipinski definition) is 8. The van der Waals surface area contributed by atoms with Crippen LogP contribution in [-0.4, -0.2) is 83.1 Å². The zero-order valence-corrected chi connectivity index (χ0v) is 22.1. The molecule has 0 saturated carbocycles. The number of nitrogens with zero attached hydrogens (tertiary/aromatic N) is 4. The number of amides is 1. The molecule has 1 amide bonds. The standard InChI is InChI=1S/C27H35N5O5/c1-26(2,3)37-25(33)32-13-11-31(12-14-32)22-20(18-9-7-6-8-10-18)15-28-23-21(22)24(30-29-23)34-16-19-17-35-27(4,5)36-19/h6-10,15,19H,11-14,16-17H2,1-5H3,(H,28,29,30). The quantitative estimate of drug-likeness (QED) is 0.546. The van der Waals surface area contributed by atoms with Gasteiger partial charge in [0.05, 0.1) is 12.3 Å². The van der Waals surface area contributed by atoms with E-state index in [1.807, 2.05) is 59.0 Å². The number of benzene rings is 1. The SMILES string of the molecule is CC(C)(C)OC(=O)N1CCN(c2c(-c3ccccc3)cnc3[nH]nc(OCC4COC(C)(C)O4)c23)CC1. The van der Waals surface area contributed by atoms with Crippen molar-refractivity contribution >= 4 is 22.8 Å². The average Bonchev–Trinajstić information content (AvgIpc) is 3.44. The lowest BCUT2D eigenvalue weighted by Gasteiger charge is -2.37. The van der Waals surface area contributed by atoms with Crippen LogP contribution < -0.4 is 9.64 Å². The summed E-state index contributed by atoms with van der Waals surface area (Å²) in [6, 6.07) is 10.1. The average molecular weight is 510 g/mol. The Bertz CT molecular complexity index is 1250. The number of carbonyl (C=O) groups excluding carboxylic acids is 1. The third-order valence-corrected chi connectivity index (χ3v) is 6.33. The van der Waals surface area contributed by atoms with Crippen LogP contribution in [0.1, 0.15) is 34.6 Å². The molecule has 0 aliphatic carbocycles. The van der Waals surface area contributed by atoms with Gasteiger partial charge in [-0.3, -0.25) is 5.10 Å². The van der Waals surface area contributed by atoms with Gasteiger partial charge >= 0.3 is 6.09 Å². The lowest BCUT2D eigenvalue weighted by Crippen LogP contribution is -2.50. The molecule has 5 rings (SSSR count). The second kappa shape index (κ2) is 9.83. The number of piperazine rings is 1. The number of carbonyl (C=O) groups is 1. The molecule has 2 aliphatic rings. The van der Waals surface area contributed by atoms with Crippen LogP contribution in [0.3, 0.4) is 0 Å². The first-order chi connectivity index (χ1) is 17.6. The molecule has 2 saturated heterocycles. The summed E-state index contributed by atoms with van der Waals surface area (Å²) in [6.45, 7) is 12.6. The molecule has 4 heterocycles. The summed E-state index contributed by atoms with van der Waals surface area (Å²) in [5.41, 5.74) is 3.11. The molecule has 1 unspecified atom stereocenters. The van der Waals surface area contributed by atoms with Gasteiger partial charge in [-0.1, -0.05) is 30.3 Å². The van der Waals surface area contributed by atoms with Crippen molar-refractivity contribution in [3.05, 3.63) is 36.5 Å². The Balaban J connectivity index is 1.45. The van der Waals surface area contributed by atoms with Crippen molar-refractivity contribution in [2.75, 3.05) is 44.3 Å². The van der Waals surface area contributed by atoms with Gasteiger partial charge in [0.1, 0.15) is 23.7 Å². The van der Waals surface area contributed by atoms with Crippen LogP contribution in [-0.2, 0) is 14.2 Å². The highest BCUT2D eigenvalue weighted by Gasteiger charge is 2.34. The summed E-state index contributed by atoms with van der Waals surface area (Å²) in [5, 5.41) is 8.28. The lowest BCUT2D eigenvalue weighted by atomic mass is 10.0. The summed E-state index contributed by atoms with van der Waals surface area (Å²) in [6.07, 6.45) is 1.39. The topological polar surface area (TPSA) is 102 Å². The summed E-state index contributed by atoms with van der Waals surface area (Å²) in [7, 11) is 0. The van der Waals surface area contributed by atoms with Crippen LogP contribution in [0.4, 0.5) is 10.5 Å². The normalized spacial score (nSPS) is 19.9. The highest BCUT2D eigenvalue weighted by molar-refractivity contribution is 6.01. The molecule has 2 fully saturated rings. The minimum Gasteiger partial charge on any atom is -0.473 e. The second-order valence-electron chi connectivity index (χ2n) is 10.9. The Morgan fingerprint density at radius 2 is 1.89 bits per heavy atom. The Labute approximate surface area is 216 Å². The van der Waals surface area contributed by atoms with Gasteiger partial charge < -0.3 is 28.7 Å². The number of pyridine rings is 1. The molecule has 1 atom stereocenters. The van der Waals surface area contributed by atoms with Crippen LogP contribution in [0.15, 0.2) is 36.5 Å². The van der Waals surface area contributed by atoms with Crippen molar-refractivity contribution < 1.29 is 23.7 Å². The molecule has 3 aromatic rings. The first kappa shape index (κ1) is 25.3. The molecular weight excluding hydrogens is 474 g/mol. The van der Waals surface area contributed by atoms with Gasteiger partial charge in [-0.2, -0.15) is 0 Å². The molecular formula is C27H35N5O5. The predicted octanol–water partition coefficient (Wildman–Crippen LogP) is 4.21. The highest BCUT2D eigenvalue weighted by Crippen LogP contribution is 2.40. The number of fused-ring (bicyclic) bond motifs is 1. The van der Waals surface area contributed by atoms with E-state index in [4.69, 9.17) is 18.9 Å². The minimum atomic E-state index is -0.622.